The number of amides is 1. The van der Waals surface area contributed by atoms with Crippen molar-refractivity contribution in [2.75, 3.05) is 6.61 Å². The molecule has 1 amide bonds. The molecule has 1 heterocycles. The van der Waals surface area contributed by atoms with Crippen molar-refractivity contribution in [1.29, 1.82) is 0 Å². The van der Waals surface area contributed by atoms with E-state index in [0.717, 1.165) is 5.25 Å². The lowest BCUT2D eigenvalue weighted by Crippen LogP contribution is -2.30. The number of carbonyl (C=O) groups is 1. The maximum atomic E-state index is 11.6. The summed E-state index contributed by atoms with van der Waals surface area (Å²) in [6.45, 7) is 0.216. The molecular formula is C16H18N4O2S. The van der Waals surface area contributed by atoms with Gasteiger partial charge in [0.15, 0.2) is 18.5 Å². The Hall–Kier alpha value is -2.28. The van der Waals surface area contributed by atoms with Gasteiger partial charge in [0.25, 0.3) is 5.91 Å². The van der Waals surface area contributed by atoms with Crippen LogP contribution in [-0.4, -0.2) is 35.9 Å². The number of benzene rings is 1. The van der Waals surface area contributed by atoms with Crippen LogP contribution in [0.25, 0.3) is 0 Å². The summed E-state index contributed by atoms with van der Waals surface area (Å²) >= 11 is 1.86. The largest absolute Gasteiger partial charge is 0.391 e. The molecule has 3 rings (SSSR count). The molecule has 1 aliphatic heterocycles. The Morgan fingerprint density at radius 2 is 2.17 bits per heavy atom. The lowest BCUT2D eigenvalue weighted by Gasteiger charge is -2.13. The Morgan fingerprint density at radius 3 is 2.78 bits per heavy atom. The van der Waals surface area contributed by atoms with Gasteiger partial charge >= 0.3 is 0 Å². The normalized spacial score (nSPS) is 20.2. The molecule has 0 spiro atoms. The Labute approximate surface area is 138 Å². The first kappa shape index (κ1) is 15.6. The van der Waals surface area contributed by atoms with E-state index in [4.69, 9.17) is 10.6 Å². The summed E-state index contributed by atoms with van der Waals surface area (Å²) in [6, 6.07) is 7.65. The molecule has 3 N–H and O–H groups in total. The maximum Gasteiger partial charge on any atom is 0.271 e. The van der Waals surface area contributed by atoms with Crippen molar-refractivity contribution in [1.82, 2.24) is 5.32 Å². The van der Waals surface area contributed by atoms with Crippen LogP contribution in [0, 0.1) is 0 Å². The average Bonchev–Trinajstić information content (AvgIpc) is 3.37. The quantitative estimate of drug-likeness (QED) is 0.588. The predicted molar refractivity (Wildman–Crippen MR) is 91.6 cm³/mol. The molecule has 6 nitrogen and oxygen atoms in total. The fourth-order valence-corrected chi connectivity index (χ4v) is 3.03. The SMILES string of the molecule is NC(=O)/C(=N\OCC1N=CC=CN1)c1ccc(SC2CC2)cc1. The summed E-state index contributed by atoms with van der Waals surface area (Å²) in [6.07, 6.45) is 7.59. The van der Waals surface area contributed by atoms with Gasteiger partial charge in [0.05, 0.1) is 0 Å². The number of nitrogens with zero attached hydrogens (tertiary/aromatic N) is 2. The molecule has 0 bridgehead atoms. The monoisotopic (exact) mass is 330 g/mol. The molecule has 7 heteroatoms. The Bertz CT molecular complexity index is 651. The number of primary amides is 1. The second-order valence-corrected chi connectivity index (χ2v) is 6.65. The molecule has 0 radical (unpaired) electrons. The van der Waals surface area contributed by atoms with E-state index in [1.54, 1.807) is 18.5 Å². The van der Waals surface area contributed by atoms with Crippen LogP contribution in [0.5, 0.6) is 0 Å². The fraction of sp³-hybridized carbons (Fsp3) is 0.312. The predicted octanol–water partition coefficient (Wildman–Crippen LogP) is 1.66. The molecule has 1 saturated carbocycles. The van der Waals surface area contributed by atoms with Crippen molar-refractivity contribution in [3.63, 3.8) is 0 Å². The molecule has 120 valence electrons. The fourth-order valence-electron chi connectivity index (χ4n) is 1.98. The summed E-state index contributed by atoms with van der Waals surface area (Å²) in [7, 11) is 0. The maximum absolute atomic E-state index is 11.6. The minimum atomic E-state index is -0.618. The van der Waals surface area contributed by atoms with Gasteiger partial charge < -0.3 is 15.9 Å². The lowest BCUT2D eigenvalue weighted by molar-refractivity contribution is -0.112. The van der Waals surface area contributed by atoms with Crippen molar-refractivity contribution in [2.45, 2.75) is 29.2 Å². The van der Waals surface area contributed by atoms with Crippen LogP contribution in [0.2, 0.25) is 0 Å². The van der Waals surface area contributed by atoms with Crippen molar-refractivity contribution >= 4 is 29.6 Å². The van der Waals surface area contributed by atoms with Crippen LogP contribution >= 0.6 is 11.8 Å². The van der Waals surface area contributed by atoms with Crippen molar-refractivity contribution in [3.8, 4) is 0 Å². The van der Waals surface area contributed by atoms with Crippen molar-refractivity contribution in [2.24, 2.45) is 15.9 Å². The molecule has 1 aliphatic carbocycles. The standard InChI is InChI=1S/C16H18N4O2S/c17-16(21)15(20-22-10-14-18-8-1-9-19-14)11-2-4-12(5-3-11)23-13-6-7-13/h1-5,8-9,13-14,18H,6-7,10H2,(H2,17,21)/b20-15-. The van der Waals surface area contributed by atoms with Crippen molar-refractivity contribution in [3.05, 3.63) is 42.1 Å². The number of hydrogen-bond donors (Lipinski definition) is 2. The first-order chi connectivity index (χ1) is 11.2. The second-order valence-electron chi connectivity index (χ2n) is 5.28. The van der Waals surface area contributed by atoms with Gasteiger partial charge in [-0.1, -0.05) is 17.3 Å². The zero-order chi connectivity index (χ0) is 16.1. The molecule has 1 atom stereocenters. The highest BCUT2D eigenvalue weighted by atomic mass is 32.2. The highest BCUT2D eigenvalue weighted by Crippen LogP contribution is 2.38. The molecule has 0 saturated heterocycles. The van der Waals surface area contributed by atoms with E-state index in [1.165, 1.54) is 17.7 Å². The lowest BCUT2D eigenvalue weighted by atomic mass is 10.1. The number of nitrogens with two attached hydrogens (primary N) is 1. The molecular weight excluding hydrogens is 312 g/mol. The number of oxime groups is 1. The summed E-state index contributed by atoms with van der Waals surface area (Å²) in [5, 5.41) is 7.63. The van der Waals surface area contributed by atoms with E-state index in [2.05, 4.69) is 15.5 Å². The van der Waals surface area contributed by atoms with Gasteiger partial charge in [-0.05, 0) is 37.3 Å². The zero-order valence-corrected chi connectivity index (χ0v) is 13.3. The van der Waals surface area contributed by atoms with Gasteiger partial charge in [0, 0.05) is 21.9 Å². The van der Waals surface area contributed by atoms with Gasteiger partial charge in [-0.3, -0.25) is 9.79 Å². The second kappa shape index (κ2) is 7.32. The topological polar surface area (TPSA) is 89.1 Å². The number of aliphatic imine (C=N–C) groups is 1. The number of allylic oxidation sites excluding steroid dienone is 1. The third kappa shape index (κ3) is 4.59. The summed E-state index contributed by atoms with van der Waals surface area (Å²) in [4.78, 5) is 22.2. The molecule has 1 aromatic carbocycles. The van der Waals surface area contributed by atoms with Crippen LogP contribution in [-0.2, 0) is 9.63 Å². The van der Waals surface area contributed by atoms with E-state index in [1.807, 2.05) is 36.0 Å². The smallest absolute Gasteiger partial charge is 0.271 e. The van der Waals surface area contributed by atoms with E-state index in [0.29, 0.717) is 5.56 Å². The number of hydrogen-bond acceptors (Lipinski definition) is 6. The van der Waals surface area contributed by atoms with Crippen LogP contribution < -0.4 is 11.1 Å². The van der Waals surface area contributed by atoms with Crippen molar-refractivity contribution < 1.29 is 9.63 Å². The van der Waals surface area contributed by atoms with Crippen LogP contribution in [0.1, 0.15) is 18.4 Å². The molecule has 2 aliphatic rings. The summed E-state index contributed by atoms with van der Waals surface area (Å²) in [5.41, 5.74) is 6.17. The minimum Gasteiger partial charge on any atom is -0.391 e. The third-order valence-corrected chi connectivity index (χ3v) is 4.66. The van der Waals surface area contributed by atoms with E-state index >= 15 is 0 Å². The Balaban J connectivity index is 1.62. The van der Waals surface area contributed by atoms with Crippen LogP contribution in [0.4, 0.5) is 0 Å². The van der Waals surface area contributed by atoms with Gasteiger partial charge in [-0.25, -0.2) is 0 Å². The molecule has 1 unspecified atom stereocenters. The van der Waals surface area contributed by atoms with Crippen LogP contribution in [0.3, 0.4) is 0 Å². The number of nitrogens with one attached hydrogen (secondary N) is 1. The van der Waals surface area contributed by atoms with E-state index in [9.17, 15) is 4.79 Å². The number of rotatable bonds is 7. The Kier molecular flexibility index (Phi) is 4.97. The van der Waals surface area contributed by atoms with Gasteiger partial charge in [-0.2, -0.15) is 0 Å². The summed E-state index contributed by atoms with van der Waals surface area (Å²) < 4.78 is 0. The Morgan fingerprint density at radius 1 is 1.39 bits per heavy atom. The van der Waals surface area contributed by atoms with Gasteiger partial charge in [0.2, 0.25) is 0 Å². The first-order valence-electron chi connectivity index (χ1n) is 7.43. The highest BCUT2D eigenvalue weighted by Gasteiger charge is 2.22. The molecule has 0 aromatic heterocycles. The number of thioether (sulfide) groups is 1. The van der Waals surface area contributed by atoms with E-state index in [-0.39, 0.29) is 18.5 Å². The first-order valence-corrected chi connectivity index (χ1v) is 8.31. The summed E-state index contributed by atoms with van der Waals surface area (Å²) in [5.74, 6) is -0.618. The minimum absolute atomic E-state index is 0.114. The molecule has 23 heavy (non-hydrogen) atoms. The molecule has 1 aromatic rings. The van der Waals surface area contributed by atoms with Gasteiger partial charge in [0.1, 0.15) is 0 Å². The molecule has 1 fully saturated rings. The number of carbonyl (C=O) groups excluding carboxylic acids is 1. The average molecular weight is 330 g/mol. The van der Waals surface area contributed by atoms with Gasteiger partial charge in [-0.15, -0.1) is 11.8 Å². The third-order valence-electron chi connectivity index (χ3n) is 3.31. The van der Waals surface area contributed by atoms with Crippen LogP contribution in [0.15, 0.2) is 51.6 Å². The highest BCUT2D eigenvalue weighted by molar-refractivity contribution is 8.00. The zero-order valence-electron chi connectivity index (χ0n) is 12.5. The van der Waals surface area contributed by atoms with E-state index < -0.39 is 5.91 Å².